The van der Waals surface area contributed by atoms with E-state index in [0.29, 0.717) is 5.88 Å². The Kier molecular flexibility index (Phi) is 4.12. The van der Waals surface area contributed by atoms with E-state index in [1.54, 1.807) is 6.20 Å². The van der Waals surface area contributed by atoms with Gasteiger partial charge in [-0.15, -0.1) is 0 Å². The van der Waals surface area contributed by atoms with E-state index in [0.717, 1.165) is 18.5 Å². The number of hydrogen-bond donors (Lipinski definition) is 0. The van der Waals surface area contributed by atoms with Crippen LogP contribution in [0.15, 0.2) is 12.4 Å². The van der Waals surface area contributed by atoms with Crippen LogP contribution in [0.1, 0.15) is 60.1 Å². The molecule has 0 bridgehead atoms. The van der Waals surface area contributed by atoms with Gasteiger partial charge in [-0.1, -0.05) is 27.7 Å². The second kappa shape index (κ2) is 5.03. The van der Waals surface area contributed by atoms with E-state index in [1.165, 1.54) is 0 Å². The van der Waals surface area contributed by atoms with Crippen molar-refractivity contribution in [1.29, 1.82) is 0 Å². The van der Waals surface area contributed by atoms with Crippen molar-refractivity contribution in [2.75, 3.05) is 0 Å². The molecule has 0 amide bonds. The molecule has 0 atom stereocenters. The Morgan fingerprint density at radius 1 is 1.06 bits per heavy atom. The fraction of sp³-hybridized carbons (Fsp3) is 0.714. The van der Waals surface area contributed by atoms with Crippen LogP contribution in [0.25, 0.3) is 0 Å². The lowest BCUT2D eigenvalue weighted by atomic mass is 9.87. The number of rotatable bonds is 5. The van der Waals surface area contributed by atoms with Gasteiger partial charge in [0, 0.05) is 11.6 Å². The van der Waals surface area contributed by atoms with Gasteiger partial charge in [-0.25, -0.2) is 4.98 Å². The van der Waals surface area contributed by atoms with Gasteiger partial charge in [0.2, 0.25) is 5.88 Å². The molecule has 0 aromatic carbocycles. The van der Waals surface area contributed by atoms with Crippen molar-refractivity contribution >= 4 is 0 Å². The summed E-state index contributed by atoms with van der Waals surface area (Å²) in [5.74, 6) is 0.621. The largest absolute Gasteiger partial charge is 0.471 e. The van der Waals surface area contributed by atoms with Gasteiger partial charge in [-0.2, -0.15) is 0 Å². The maximum Gasteiger partial charge on any atom is 0.233 e. The fourth-order valence-corrected chi connectivity index (χ4v) is 1.26. The summed E-state index contributed by atoms with van der Waals surface area (Å²) in [6.07, 6.45) is 5.49. The topological polar surface area (TPSA) is 35.0 Å². The van der Waals surface area contributed by atoms with Crippen LogP contribution in [0.2, 0.25) is 0 Å². The zero-order valence-corrected chi connectivity index (χ0v) is 11.9. The molecular weight excluding hydrogens is 212 g/mol. The van der Waals surface area contributed by atoms with Crippen LogP contribution < -0.4 is 4.74 Å². The minimum Gasteiger partial charge on any atom is -0.471 e. The second-order valence-electron chi connectivity index (χ2n) is 5.70. The van der Waals surface area contributed by atoms with Crippen LogP contribution in [-0.2, 0) is 5.41 Å². The summed E-state index contributed by atoms with van der Waals surface area (Å²) in [4.78, 5) is 8.79. The predicted molar refractivity (Wildman–Crippen MR) is 70.3 cm³/mol. The summed E-state index contributed by atoms with van der Waals surface area (Å²) >= 11 is 0. The molecule has 1 heterocycles. The average molecular weight is 236 g/mol. The summed E-state index contributed by atoms with van der Waals surface area (Å²) < 4.78 is 5.86. The van der Waals surface area contributed by atoms with E-state index < -0.39 is 0 Å². The summed E-state index contributed by atoms with van der Waals surface area (Å²) in [6, 6.07) is 0. The van der Waals surface area contributed by atoms with Gasteiger partial charge in [-0.3, -0.25) is 4.98 Å². The van der Waals surface area contributed by atoms with Gasteiger partial charge in [0.1, 0.15) is 5.60 Å². The van der Waals surface area contributed by atoms with Gasteiger partial charge in [0.15, 0.2) is 0 Å². The summed E-state index contributed by atoms with van der Waals surface area (Å²) in [5, 5.41) is 0. The van der Waals surface area contributed by atoms with Crippen molar-refractivity contribution in [1.82, 2.24) is 9.97 Å². The van der Waals surface area contributed by atoms with Crippen molar-refractivity contribution in [3.63, 3.8) is 0 Å². The molecule has 3 heteroatoms. The van der Waals surface area contributed by atoms with Crippen LogP contribution >= 0.6 is 0 Å². The van der Waals surface area contributed by atoms with Crippen molar-refractivity contribution in [2.24, 2.45) is 0 Å². The number of nitrogens with zero attached hydrogens (tertiary/aromatic N) is 2. The van der Waals surface area contributed by atoms with E-state index in [1.807, 2.05) is 6.20 Å². The minimum atomic E-state index is -0.191. The lowest BCUT2D eigenvalue weighted by Crippen LogP contribution is -2.28. The molecule has 17 heavy (non-hydrogen) atoms. The van der Waals surface area contributed by atoms with Gasteiger partial charge < -0.3 is 4.74 Å². The molecule has 1 rings (SSSR count). The van der Waals surface area contributed by atoms with Gasteiger partial charge in [0.05, 0.1) is 11.9 Å². The number of ether oxygens (including phenoxy) is 1. The van der Waals surface area contributed by atoms with Crippen LogP contribution in [0.5, 0.6) is 5.88 Å². The maximum atomic E-state index is 5.86. The Bertz CT molecular complexity index is 372. The first kappa shape index (κ1) is 13.9. The molecular formula is C14H24N2O. The van der Waals surface area contributed by atoms with Crippen LogP contribution in [0.4, 0.5) is 0 Å². The molecule has 1 aromatic rings. The van der Waals surface area contributed by atoms with Gasteiger partial charge in [0.25, 0.3) is 0 Å². The lowest BCUT2D eigenvalue weighted by molar-refractivity contribution is 0.0977. The molecule has 0 aliphatic carbocycles. The summed E-state index contributed by atoms with van der Waals surface area (Å²) in [5.41, 5.74) is 0.844. The Balaban J connectivity index is 2.94. The second-order valence-corrected chi connectivity index (χ2v) is 5.70. The molecule has 0 radical (unpaired) electrons. The van der Waals surface area contributed by atoms with Crippen molar-refractivity contribution < 1.29 is 4.74 Å². The van der Waals surface area contributed by atoms with E-state index in [9.17, 15) is 0 Å². The van der Waals surface area contributed by atoms with Crippen LogP contribution in [0, 0.1) is 0 Å². The van der Waals surface area contributed by atoms with E-state index in [-0.39, 0.29) is 11.0 Å². The summed E-state index contributed by atoms with van der Waals surface area (Å²) in [6.45, 7) is 12.7. The molecule has 96 valence electrons. The van der Waals surface area contributed by atoms with Crippen molar-refractivity contribution in [2.45, 2.75) is 65.4 Å². The molecule has 0 fully saturated rings. The Morgan fingerprint density at radius 3 is 2.24 bits per heavy atom. The smallest absolute Gasteiger partial charge is 0.233 e. The first-order valence-corrected chi connectivity index (χ1v) is 6.32. The Labute approximate surface area is 105 Å². The molecule has 0 unspecified atom stereocenters. The third-order valence-electron chi connectivity index (χ3n) is 3.42. The van der Waals surface area contributed by atoms with Gasteiger partial charge >= 0.3 is 0 Å². The Morgan fingerprint density at radius 2 is 1.71 bits per heavy atom. The first-order valence-electron chi connectivity index (χ1n) is 6.32. The molecule has 0 N–H and O–H groups in total. The highest BCUT2D eigenvalue weighted by Crippen LogP contribution is 2.26. The zero-order valence-electron chi connectivity index (χ0n) is 11.9. The molecule has 3 nitrogen and oxygen atoms in total. The first-order chi connectivity index (χ1) is 7.80. The molecule has 0 aliphatic rings. The van der Waals surface area contributed by atoms with Crippen molar-refractivity contribution in [3.05, 3.63) is 18.1 Å². The number of hydrogen-bond acceptors (Lipinski definition) is 3. The average Bonchev–Trinajstić information content (AvgIpc) is 2.29. The minimum absolute atomic E-state index is 0.0444. The van der Waals surface area contributed by atoms with Crippen LogP contribution in [-0.4, -0.2) is 15.6 Å². The van der Waals surface area contributed by atoms with E-state index in [4.69, 9.17) is 4.74 Å². The normalized spacial score (nSPS) is 12.6. The molecule has 0 spiro atoms. The van der Waals surface area contributed by atoms with E-state index in [2.05, 4.69) is 51.5 Å². The third-order valence-corrected chi connectivity index (χ3v) is 3.42. The quantitative estimate of drug-likeness (QED) is 0.781. The zero-order chi connectivity index (χ0) is 13.1. The monoisotopic (exact) mass is 236 g/mol. The highest BCUT2D eigenvalue weighted by molar-refractivity contribution is 5.16. The SMILES string of the molecule is CCC(C)(C)Oc1cncc(C(C)(C)CC)n1. The highest BCUT2D eigenvalue weighted by Gasteiger charge is 2.22. The predicted octanol–water partition coefficient (Wildman–Crippen LogP) is 3.73. The van der Waals surface area contributed by atoms with Crippen LogP contribution in [0.3, 0.4) is 0 Å². The standard InChI is InChI=1S/C14H24N2O/c1-7-13(3,4)11-9-15-10-12(16-11)17-14(5,6)8-2/h9-10H,7-8H2,1-6H3. The molecule has 0 saturated carbocycles. The highest BCUT2D eigenvalue weighted by atomic mass is 16.5. The van der Waals surface area contributed by atoms with Gasteiger partial charge in [-0.05, 0) is 26.7 Å². The Hall–Kier alpha value is -1.12. The lowest BCUT2D eigenvalue weighted by Gasteiger charge is -2.26. The molecule has 0 saturated heterocycles. The summed E-state index contributed by atoms with van der Waals surface area (Å²) in [7, 11) is 0. The number of aromatic nitrogens is 2. The maximum absolute atomic E-state index is 5.86. The molecule has 1 aromatic heterocycles. The van der Waals surface area contributed by atoms with E-state index >= 15 is 0 Å². The third kappa shape index (κ3) is 3.69. The van der Waals surface area contributed by atoms with Crippen molar-refractivity contribution in [3.8, 4) is 5.88 Å². The fourth-order valence-electron chi connectivity index (χ4n) is 1.26. The molecule has 0 aliphatic heterocycles.